The summed E-state index contributed by atoms with van der Waals surface area (Å²) >= 11 is 0. The number of amides is 1. The molecule has 0 aliphatic carbocycles. The molecule has 1 amide bonds. The van der Waals surface area contributed by atoms with Gasteiger partial charge in [0.05, 0.1) is 7.11 Å². The molecule has 0 saturated carbocycles. The van der Waals surface area contributed by atoms with Crippen molar-refractivity contribution in [2.75, 3.05) is 13.7 Å². The average Bonchev–Trinajstić information content (AvgIpc) is 2.60. The highest BCUT2D eigenvalue weighted by Crippen LogP contribution is 2.25. The van der Waals surface area contributed by atoms with Crippen LogP contribution in [0.3, 0.4) is 0 Å². The zero-order valence-corrected chi connectivity index (χ0v) is 14.5. The highest BCUT2D eigenvalue weighted by Gasteiger charge is 2.41. The monoisotopic (exact) mass is 345 g/mol. The fraction of sp³-hybridized carbons (Fsp3) is 0.316. The first kappa shape index (κ1) is 20.2. The maximum atomic E-state index is 12.8. The van der Waals surface area contributed by atoms with Crippen LogP contribution in [0.25, 0.3) is 0 Å². The van der Waals surface area contributed by atoms with Crippen molar-refractivity contribution in [3.05, 3.63) is 60.7 Å². The van der Waals surface area contributed by atoms with Crippen molar-refractivity contribution in [1.29, 1.82) is 0 Å². The second-order valence-corrected chi connectivity index (χ2v) is 5.58. The third-order valence-electron chi connectivity index (χ3n) is 3.48. The van der Waals surface area contributed by atoms with E-state index in [0.29, 0.717) is 0 Å². The molecule has 1 rings (SSSR count). The quantitative estimate of drug-likeness (QED) is 0.420. The van der Waals surface area contributed by atoms with Crippen molar-refractivity contribution in [2.24, 2.45) is 0 Å². The number of esters is 2. The summed E-state index contributed by atoms with van der Waals surface area (Å²) in [5.74, 6) is -1.89. The molecule has 1 aromatic rings. The maximum Gasteiger partial charge on any atom is 0.334 e. The lowest BCUT2D eigenvalue weighted by Crippen LogP contribution is -2.52. The standard InChI is InChI=1S/C19H23NO5/c1-5-11-19(25-17(22)14(2)3,12-15-9-7-6-8-10-15)18(23)20-13-16(21)24-4/h5-10H,1-2,11-13H2,3-4H3,(H,20,23). The topological polar surface area (TPSA) is 81.7 Å². The Bertz CT molecular complexity index is 653. The summed E-state index contributed by atoms with van der Waals surface area (Å²) in [6.45, 7) is 8.36. The molecule has 1 N–H and O–H groups in total. The molecule has 0 radical (unpaired) electrons. The molecule has 0 fully saturated rings. The van der Waals surface area contributed by atoms with Crippen LogP contribution >= 0.6 is 0 Å². The number of carbonyl (C=O) groups excluding carboxylic acids is 3. The zero-order chi connectivity index (χ0) is 18.9. The number of rotatable bonds is 9. The maximum absolute atomic E-state index is 12.8. The van der Waals surface area contributed by atoms with E-state index < -0.39 is 23.4 Å². The lowest BCUT2D eigenvalue weighted by Gasteiger charge is -2.31. The van der Waals surface area contributed by atoms with Crippen LogP contribution in [0.1, 0.15) is 18.9 Å². The molecule has 25 heavy (non-hydrogen) atoms. The molecule has 0 saturated heterocycles. The first-order valence-corrected chi connectivity index (χ1v) is 7.73. The van der Waals surface area contributed by atoms with Gasteiger partial charge in [-0.2, -0.15) is 0 Å². The molecule has 0 heterocycles. The Kier molecular flexibility index (Phi) is 7.59. The van der Waals surface area contributed by atoms with E-state index in [4.69, 9.17) is 4.74 Å². The highest BCUT2D eigenvalue weighted by molar-refractivity contribution is 5.94. The van der Waals surface area contributed by atoms with E-state index in [1.807, 2.05) is 30.3 Å². The van der Waals surface area contributed by atoms with Crippen LogP contribution in [0.2, 0.25) is 0 Å². The predicted octanol–water partition coefficient (Wildman–Crippen LogP) is 1.95. The minimum absolute atomic E-state index is 0.0773. The van der Waals surface area contributed by atoms with Gasteiger partial charge in [0, 0.05) is 18.4 Å². The van der Waals surface area contributed by atoms with Gasteiger partial charge in [0.25, 0.3) is 5.91 Å². The molecule has 0 aliphatic heterocycles. The van der Waals surface area contributed by atoms with Crippen LogP contribution in [0.4, 0.5) is 0 Å². The summed E-state index contributed by atoms with van der Waals surface area (Å²) in [7, 11) is 1.22. The second-order valence-electron chi connectivity index (χ2n) is 5.58. The second kappa shape index (κ2) is 9.42. The molecule has 0 spiro atoms. The Labute approximate surface area is 147 Å². The van der Waals surface area contributed by atoms with Crippen LogP contribution in [-0.2, 0) is 30.3 Å². The Morgan fingerprint density at radius 1 is 1.24 bits per heavy atom. The van der Waals surface area contributed by atoms with Crippen LogP contribution < -0.4 is 5.32 Å². The summed E-state index contributed by atoms with van der Waals surface area (Å²) in [5.41, 5.74) is -0.568. The third kappa shape index (κ3) is 5.91. The lowest BCUT2D eigenvalue weighted by molar-refractivity contribution is -0.165. The number of hydrogen-bond acceptors (Lipinski definition) is 5. The van der Waals surface area contributed by atoms with E-state index in [1.54, 1.807) is 0 Å². The van der Waals surface area contributed by atoms with Crippen LogP contribution in [0.15, 0.2) is 55.1 Å². The zero-order valence-electron chi connectivity index (χ0n) is 14.5. The van der Waals surface area contributed by atoms with Gasteiger partial charge in [-0.05, 0) is 12.5 Å². The van der Waals surface area contributed by atoms with Crippen molar-refractivity contribution >= 4 is 17.8 Å². The van der Waals surface area contributed by atoms with Gasteiger partial charge >= 0.3 is 11.9 Å². The molecule has 0 aliphatic rings. The van der Waals surface area contributed by atoms with Gasteiger partial charge in [-0.25, -0.2) is 4.79 Å². The van der Waals surface area contributed by atoms with Gasteiger partial charge in [0.2, 0.25) is 0 Å². The van der Waals surface area contributed by atoms with Crippen LogP contribution in [0, 0.1) is 0 Å². The molecule has 134 valence electrons. The number of carbonyl (C=O) groups is 3. The largest absolute Gasteiger partial charge is 0.468 e. The SMILES string of the molecule is C=CCC(Cc1ccccc1)(OC(=O)C(=C)C)C(=O)NCC(=O)OC. The summed E-state index contributed by atoms with van der Waals surface area (Å²) in [6.07, 6.45) is 1.70. The molecular weight excluding hydrogens is 322 g/mol. The fourth-order valence-corrected chi connectivity index (χ4v) is 2.18. The van der Waals surface area contributed by atoms with Crippen molar-refractivity contribution in [2.45, 2.75) is 25.4 Å². The van der Waals surface area contributed by atoms with E-state index in [2.05, 4.69) is 23.2 Å². The average molecular weight is 345 g/mol. The number of ether oxygens (including phenoxy) is 2. The highest BCUT2D eigenvalue weighted by atomic mass is 16.6. The Balaban J connectivity index is 3.16. The number of nitrogens with one attached hydrogen (secondary N) is 1. The number of benzene rings is 1. The van der Waals surface area contributed by atoms with Crippen LogP contribution in [-0.4, -0.2) is 37.1 Å². The molecular formula is C19H23NO5. The normalized spacial score (nSPS) is 12.4. The molecule has 6 nitrogen and oxygen atoms in total. The van der Waals surface area contributed by atoms with Crippen molar-refractivity contribution in [1.82, 2.24) is 5.32 Å². The van der Waals surface area contributed by atoms with Crippen molar-refractivity contribution in [3.63, 3.8) is 0 Å². The summed E-state index contributed by atoms with van der Waals surface area (Å²) in [6, 6.07) is 9.12. The first-order valence-electron chi connectivity index (χ1n) is 7.73. The van der Waals surface area contributed by atoms with Gasteiger partial charge in [0.1, 0.15) is 6.54 Å². The van der Waals surface area contributed by atoms with E-state index in [0.717, 1.165) is 5.56 Å². The summed E-state index contributed by atoms with van der Waals surface area (Å²) in [5, 5.41) is 2.46. The van der Waals surface area contributed by atoms with Gasteiger partial charge in [-0.3, -0.25) is 9.59 Å². The molecule has 1 atom stereocenters. The summed E-state index contributed by atoms with van der Waals surface area (Å²) < 4.78 is 10.0. The number of methoxy groups -OCH3 is 1. The summed E-state index contributed by atoms with van der Waals surface area (Å²) in [4.78, 5) is 36.2. The van der Waals surface area contributed by atoms with E-state index >= 15 is 0 Å². The first-order chi connectivity index (χ1) is 11.8. The molecule has 6 heteroatoms. The fourth-order valence-electron chi connectivity index (χ4n) is 2.18. The van der Waals surface area contributed by atoms with Gasteiger partial charge in [-0.1, -0.05) is 43.0 Å². The minimum atomic E-state index is -1.53. The smallest absolute Gasteiger partial charge is 0.334 e. The van der Waals surface area contributed by atoms with Crippen LogP contribution in [0.5, 0.6) is 0 Å². The number of hydrogen-bond donors (Lipinski definition) is 1. The minimum Gasteiger partial charge on any atom is -0.468 e. The molecule has 1 aromatic carbocycles. The molecule has 1 unspecified atom stereocenters. The third-order valence-corrected chi connectivity index (χ3v) is 3.48. The Morgan fingerprint density at radius 3 is 2.40 bits per heavy atom. The molecule has 0 bridgehead atoms. The van der Waals surface area contributed by atoms with Gasteiger partial charge in [0.15, 0.2) is 5.60 Å². The Morgan fingerprint density at radius 2 is 1.88 bits per heavy atom. The molecule has 0 aromatic heterocycles. The van der Waals surface area contributed by atoms with E-state index in [9.17, 15) is 14.4 Å². The van der Waals surface area contributed by atoms with Crippen molar-refractivity contribution < 1.29 is 23.9 Å². The van der Waals surface area contributed by atoms with Gasteiger partial charge < -0.3 is 14.8 Å². The van der Waals surface area contributed by atoms with Gasteiger partial charge in [-0.15, -0.1) is 6.58 Å². The lowest BCUT2D eigenvalue weighted by atomic mass is 9.89. The predicted molar refractivity (Wildman–Crippen MR) is 93.6 cm³/mol. The Hall–Kier alpha value is -2.89. The van der Waals surface area contributed by atoms with Crippen molar-refractivity contribution in [3.8, 4) is 0 Å². The van der Waals surface area contributed by atoms with E-state index in [1.165, 1.54) is 20.1 Å². The van der Waals surface area contributed by atoms with E-state index in [-0.39, 0.29) is 25.0 Å².